The number of rotatable bonds is 5. The number of ether oxygens (including phenoxy) is 1. The van der Waals surface area contributed by atoms with E-state index in [0.29, 0.717) is 10.7 Å². The van der Waals surface area contributed by atoms with Gasteiger partial charge in [0.25, 0.3) is 0 Å². The lowest BCUT2D eigenvalue weighted by Gasteiger charge is -2.18. The smallest absolute Gasteiger partial charge is 0.303 e. The van der Waals surface area contributed by atoms with Crippen molar-refractivity contribution in [2.24, 2.45) is 5.41 Å². The molecule has 1 aliphatic heterocycles. The van der Waals surface area contributed by atoms with E-state index in [1.165, 1.54) is 6.92 Å². The number of carbonyl (C=O) groups excluding carboxylic acids is 2. The summed E-state index contributed by atoms with van der Waals surface area (Å²) in [6, 6.07) is 17.7. The van der Waals surface area contributed by atoms with Gasteiger partial charge in [-0.05, 0) is 35.1 Å². The van der Waals surface area contributed by atoms with Gasteiger partial charge in [0, 0.05) is 35.3 Å². The molecule has 0 N–H and O–H groups in total. The van der Waals surface area contributed by atoms with Crippen molar-refractivity contribution >= 4 is 23.4 Å². The van der Waals surface area contributed by atoms with E-state index in [-0.39, 0.29) is 17.8 Å². The minimum atomic E-state index is -0.465. The van der Waals surface area contributed by atoms with Crippen molar-refractivity contribution < 1.29 is 14.3 Å². The summed E-state index contributed by atoms with van der Waals surface area (Å²) in [6.07, 6.45) is 0.860. The number of Topliss-reactive ketones (excluding diaryl/α,β-unsaturated/α-hetero) is 1. The Labute approximate surface area is 181 Å². The first-order valence-corrected chi connectivity index (χ1v) is 10.4. The van der Waals surface area contributed by atoms with Crippen LogP contribution in [0.5, 0.6) is 0 Å². The molecule has 0 amide bonds. The molecule has 4 nitrogen and oxygen atoms in total. The molecule has 3 aromatic rings. The molecule has 1 aromatic heterocycles. The first-order valence-electron chi connectivity index (χ1n) is 10.00. The molecule has 154 valence electrons. The average Bonchev–Trinajstić information content (AvgIpc) is 3.17. The third kappa shape index (κ3) is 3.80. The van der Waals surface area contributed by atoms with E-state index in [2.05, 4.69) is 30.5 Å². The van der Waals surface area contributed by atoms with Gasteiger partial charge in [0.1, 0.15) is 0 Å². The summed E-state index contributed by atoms with van der Waals surface area (Å²) in [4.78, 5) is 24.6. The molecule has 0 unspecified atom stereocenters. The SMILES string of the molecule is CC(=O)OCC(=O)c1c(-c2ccc(Cl)cc2)c(-c2ccccc2)c2n1CC(C)(C)C2. The van der Waals surface area contributed by atoms with E-state index in [4.69, 9.17) is 16.3 Å². The molecule has 4 rings (SSSR count). The molecular formula is C25H24ClNO3. The number of fused-ring (bicyclic) bond motifs is 1. The van der Waals surface area contributed by atoms with E-state index >= 15 is 0 Å². The quantitative estimate of drug-likeness (QED) is 0.386. The van der Waals surface area contributed by atoms with Crippen LogP contribution in [0.25, 0.3) is 22.3 Å². The molecule has 1 aliphatic rings. The number of halogens is 1. The predicted octanol–water partition coefficient (Wildman–Crippen LogP) is 5.80. The van der Waals surface area contributed by atoms with Crippen molar-refractivity contribution in [1.29, 1.82) is 0 Å². The summed E-state index contributed by atoms with van der Waals surface area (Å²) < 4.78 is 7.19. The van der Waals surface area contributed by atoms with Crippen molar-refractivity contribution in [2.75, 3.05) is 6.61 Å². The first-order chi connectivity index (χ1) is 14.3. The highest BCUT2D eigenvalue weighted by molar-refractivity contribution is 6.30. The van der Waals surface area contributed by atoms with Gasteiger partial charge in [0.2, 0.25) is 5.78 Å². The molecule has 0 aliphatic carbocycles. The second kappa shape index (κ2) is 7.77. The molecule has 0 saturated carbocycles. The van der Waals surface area contributed by atoms with Crippen molar-refractivity contribution in [2.45, 2.75) is 33.7 Å². The highest BCUT2D eigenvalue weighted by Gasteiger charge is 2.38. The summed E-state index contributed by atoms with van der Waals surface area (Å²) in [5.41, 5.74) is 5.70. The van der Waals surface area contributed by atoms with Crippen LogP contribution in [-0.2, 0) is 22.5 Å². The van der Waals surface area contributed by atoms with E-state index in [1.807, 2.05) is 42.5 Å². The standard InChI is InChI=1S/C25H24ClNO3/c1-16(28)30-14-21(29)24-23(18-9-11-19(26)12-10-18)22(17-7-5-4-6-8-17)20-13-25(2,3)15-27(20)24/h4-12H,13-15H2,1-3H3. The van der Waals surface area contributed by atoms with Gasteiger partial charge in [-0.3, -0.25) is 9.59 Å². The monoisotopic (exact) mass is 421 g/mol. The first kappa shape index (κ1) is 20.4. The fourth-order valence-electron chi connectivity index (χ4n) is 4.30. The Kier molecular flexibility index (Phi) is 5.29. The van der Waals surface area contributed by atoms with Crippen LogP contribution in [0.3, 0.4) is 0 Å². The van der Waals surface area contributed by atoms with Crippen LogP contribution in [0.4, 0.5) is 0 Å². The highest BCUT2D eigenvalue weighted by atomic mass is 35.5. The Morgan fingerprint density at radius 1 is 1.00 bits per heavy atom. The van der Waals surface area contributed by atoms with Crippen molar-refractivity contribution in [3.63, 3.8) is 0 Å². The zero-order valence-electron chi connectivity index (χ0n) is 17.4. The number of esters is 1. The molecule has 2 heterocycles. The van der Waals surface area contributed by atoms with Crippen molar-refractivity contribution in [3.05, 3.63) is 71.0 Å². The Balaban J connectivity index is 1.99. The van der Waals surface area contributed by atoms with Gasteiger partial charge >= 0.3 is 5.97 Å². The van der Waals surface area contributed by atoms with Gasteiger partial charge in [-0.1, -0.05) is 67.9 Å². The summed E-state index contributed by atoms with van der Waals surface area (Å²) in [5.74, 6) is -0.663. The Hall–Kier alpha value is -2.85. The van der Waals surface area contributed by atoms with E-state index in [1.54, 1.807) is 0 Å². The molecule has 0 saturated heterocycles. The number of hydrogen-bond acceptors (Lipinski definition) is 3. The van der Waals surface area contributed by atoms with Crippen LogP contribution in [0.2, 0.25) is 5.02 Å². The van der Waals surface area contributed by atoms with Gasteiger partial charge in [-0.15, -0.1) is 0 Å². The second-order valence-electron chi connectivity index (χ2n) is 8.55. The number of ketones is 1. The van der Waals surface area contributed by atoms with Crippen LogP contribution < -0.4 is 0 Å². The van der Waals surface area contributed by atoms with Crippen molar-refractivity contribution in [3.8, 4) is 22.3 Å². The minimum Gasteiger partial charge on any atom is -0.457 e. The molecule has 0 spiro atoms. The van der Waals surface area contributed by atoms with Crippen molar-refractivity contribution in [1.82, 2.24) is 4.57 Å². The summed E-state index contributed by atoms with van der Waals surface area (Å²) in [5, 5.41) is 0.640. The van der Waals surface area contributed by atoms with Gasteiger partial charge in [-0.25, -0.2) is 0 Å². The topological polar surface area (TPSA) is 48.3 Å². The lowest BCUT2D eigenvalue weighted by molar-refractivity contribution is -0.139. The lowest BCUT2D eigenvalue weighted by Crippen LogP contribution is -2.19. The largest absolute Gasteiger partial charge is 0.457 e. The molecule has 2 aromatic carbocycles. The number of hydrogen-bond donors (Lipinski definition) is 0. The zero-order chi connectivity index (χ0) is 21.5. The number of nitrogens with zero attached hydrogens (tertiary/aromatic N) is 1. The van der Waals surface area contributed by atoms with Gasteiger partial charge < -0.3 is 9.30 Å². The Bertz CT molecular complexity index is 1110. The molecule has 0 bridgehead atoms. The third-order valence-electron chi connectivity index (χ3n) is 5.47. The summed E-state index contributed by atoms with van der Waals surface area (Å²) >= 11 is 6.13. The normalized spacial score (nSPS) is 14.4. The minimum absolute atomic E-state index is 0.0356. The predicted molar refractivity (Wildman–Crippen MR) is 119 cm³/mol. The summed E-state index contributed by atoms with van der Waals surface area (Å²) in [7, 11) is 0. The average molecular weight is 422 g/mol. The molecule has 30 heavy (non-hydrogen) atoms. The molecule has 0 radical (unpaired) electrons. The van der Waals surface area contributed by atoms with Gasteiger partial charge in [0.15, 0.2) is 6.61 Å². The Morgan fingerprint density at radius 3 is 2.27 bits per heavy atom. The third-order valence-corrected chi connectivity index (χ3v) is 5.72. The second-order valence-corrected chi connectivity index (χ2v) is 8.99. The lowest BCUT2D eigenvalue weighted by atomic mass is 9.86. The van der Waals surface area contributed by atoms with Crippen LogP contribution in [0.15, 0.2) is 54.6 Å². The highest BCUT2D eigenvalue weighted by Crippen LogP contribution is 2.47. The van der Waals surface area contributed by atoms with Crippen LogP contribution in [0, 0.1) is 5.41 Å². The number of carbonyl (C=O) groups is 2. The van der Waals surface area contributed by atoms with E-state index in [9.17, 15) is 9.59 Å². The molecule has 0 fully saturated rings. The fourth-order valence-corrected chi connectivity index (χ4v) is 4.43. The molecule has 0 atom stereocenters. The maximum absolute atomic E-state index is 13.3. The maximum atomic E-state index is 13.3. The fraction of sp³-hybridized carbons (Fsp3) is 0.280. The van der Waals surface area contributed by atoms with Crippen LogP contribution >= 0.6 is 11.6 Å². The molecular weight excluding hydrogens is 398 g/mol. The maximum Gasteiger partial charge on any atom is 0.303 e. The van der Waals surface area contributed by atoms with Crippen LogP contribution in [-0.4, -0.2) is 22.9 Å². The van der Waals surface area contributed by atoms with E-state index in [0.717, 1.165) is 40.9 Å². The van der Waals surface area contributed by atoms with Gasteiger partial charge in [0.05, 0.1) is 5.69 Å². The van der Waals surface area contributed by atoms with Gasteiger partial charge in [-0.2, -0.15) is 0 Å². The molecule has 5 heteroatoms. The zero-order valence-corrected chi connectivity index (χ0v) is 18.1. The number of benzene rings is 2. The Morgan fingerprint density at radius 2 is 1.63 bits per heavy atom. The summed E-state index contributed by atoms with van der Waals surface area (Å²) in [6.45, 7) is 6.19. The van der Waals surface area contributed by atoms with E-state index < -0.39 is 5.97 Å². The van der Waals surface area contributed by atoms with Crippen LogP contribution in [0.1, 0.15) is 37.0 Å². The number of aromatic nitrogens is 1.